The van der Waals surface area contributed by atoms with Crippen LogP contribution in [-0.2, 0) is 0 Å². The first-order valence-corrected chi connectivity index (χ1v) is 9.10. The third kappa shape index (κ3) is 4.00. The van der Waals surface area contributed by atoms with Gasteiger partial charge in [-0.15, -0.1) is 0 Å². The number of benzene rings is 2. The molecule has 0 spiro atoms. The van der Waals surface area contributed by atoms with Crippen LogP contribution in [0.4, 0.5) is 5.69 Å². The first-order valence-electron chi connectivity index (χ1n) is 9.10. The topological polar surface area (TPSA) is 49.1 Å². The van der Waals surface area contributed by atoms with Crippen molar-refractivity contribution in [3.05, 3.63) is 60.7 Å². The maximum atomic E-state index is 10.3. The van der Waals surface area contributed by atoms with E-state index in [2.05, 4.69) is 34.1 Å². The quantitative estimate of drug-likeness (QED) is 0.739. The second-order valence-corrected chi connectivity index (χ2v) is 6.69. The van der Waals surface area contributed by atoms with E-state index in [-0.39, 0.29) is 6.61 Å². The zero-order valence-corrected chi connectivity index (χ0v) is 14.8. The van der Waals surface area contributed by atoms with Gasteiger partial charge in [-0.2, -0.15) is 0 Å². The molecule has 2 heterocycles. The Hall–Kier alpha value is -2.50. The van der Waals surface area contributed by atoms with Gasteiger partial charge in [-0.25, -0.2) is 0 Å². The van der Waals surface area contributed by atoms with Crippen LogP contribution in [-0.4, -0.2) is 55.4 Å². The SMILES string of the molecule is OC(COc1cc2ccccc2o1)CN1CCN(c2ccccc2)CC1. The average Bonchev–Trinajstić information content (AvgIpc) is 3.11. The fourth-order valence-electron chi connectivity index (χ4n) is 3.39. The van der Waals surface area contributed by atoms with Gasteiger partial charge in [0.2, 0.25) is 0 Å². The van der Waals surface area contributed by atoms with E-state index in [0.717, 1.165) is 37.1 Å². The van der Waals surface area contributed by atoms with Gasteiger partial charge in [-0.1, -0.05) is 36.4 Å². The minimum absolute atomic E-state index is 0.235. The molecule has 1 N–H and O–H groups in total. The van der Waals surface area contributed by atoms with Gasteiger partial charge in [0, 0.05) is 49.9 Å². The molecule has 136 valence electrons. The largest absolute Gasteiger partial charge is 0.462 e. The van der Waals surface area contributed by atoms with Crippen molar-refractivity contribution in [2.45, 2.75) is 6.10 Å². The van der Waals surface area contributed by atoms with Gasteiger partial charge in [0.15, 0.2) is 0 Å². The van der Waals surface area contributed by atoms with Gasteiger partial charge in [-0.3, -0.25) is 4.90 Å². The van der Waals surface area contributed by atoms with Crippen LogP contribution >= 0.6 is 0 Å². The fourth-order valence-corrected chi connectivity index (χ4v) is 3.39. The summed E-state index contributed by atoms with van der Waals surface area (Å²) in [6, 6.07) is 20.1. The normalized spacial score (nSPS) is 16.7. The second kappa shape index (κ2) is 7.81. The Bertz CT molecular complexity index is 792. The van der Waals surface area contributed by atoms with Crippen LogP contribution in [0.3, 0.4) is 0 Å². The Morgan fingerprint density at radius 1 is 0.962 bits per heavy atom. The molecule has 3 aromatic rings. The number of aliphatic hydroxyl groups excluding tert-OH is 1. The monoisotopic (exact) mass is 352 g/mol. The third-order valence-corrected chi connectivity index (χ3v) is 4.78. The molecular weight excluding hydrogens is 328 g/mol. The Morgan fingerprint density at radius 3 is 2.46 bits per heavy atom. The van der Waals surface area contributed by atoms with E-state index in [9.17, 15) is 5.11 Å². The van der Waals surface area contributed by atoms with E-state index in [0.29, 0.717) is 12.5 Å². The van der Waals surface area contributed by atoms with Crippen molar-refractivity contribution in [3.63, 3.8) is 0 Å². The molecule has 5 nitrogen and oxygen atoms in total. The van der Waals surface area contributed by atoms with E-state index >= 15 is 0 Å². The molecule has 0 bridgehead atoms. The number of anilines is 1. The molecule has 1 aliphatic heterocycles. The van der Waals surface area contributed by atoms with Gasteiger partial charge in [-0.05, 0) is 18.2 Å². The van der Waals surface area contributed by atoms with Gasteiger partial charge in [0.1, 0.15) is 18.3 Å². The summed E-state index contributed by atoms with van der Waals surface area (Å²) in [5.41, 5.74) is 2.06. The summed E-state index contributed by atoms with van der Waals surface area (Å²) in [5, 5.41) is 11.3. The summed E-state index contributed by atoms with van der Waals surface area (Å²) in [4.78, 5) is 4.67. The molecule has 0 amide bonds. The van der Waals surface area contributed by atoms with Crippen LogP contribution in [0, 0.1) is 0 Å². The highest BCUT2D eigenvalue weighted by Gasteiger charge is 2.20. The van der Waals surface area contributed by atoms with Crippen molar-refractivity contribution in [1.29, 1.82) is 0 Å². The molecule has 1 saturated heterocycles. The predicted molar refractivity (Wildman–Crippen MR) is 103 cm³/mol. The van der Waals surface area contributed by atoms with Crippen LogP contribution < -0.4 is 9.64 Å². The molecule has 2 aromatic carbocycles. The third-order valence-electron chi connectivity index (χ3n) is 4.78. The van der Waals surface area contributed by atoms with Crippen LogP contribution in [0.2, 0.25) is 0 Å². The van der Waals surface area contributed by atoms with E-state index in [1.807, 2.05) is 36.4 Å². The number of aliphatic hydroxyl groups is 1. The van der Waals surface area contributed by atoms with Crippen molar-refractivity contribution in [2.75, 3.05) is 44.2 Å². The highest BCUT2D eigenvalue weighted by molar-refractivity contribution is 5.78. The number of para-hydroxylation sites is 2. The van der Waals surface area contributed by atoms with Crippen molar-refractivity contribution in [2.24, 2.45) is 0 Å². The standard InChI is InChI=1S/C21H24N2O3/c24-19(16-25-21-14-17-6-4-5-9-20(17)26-21)15-22-10-12-23(13-11-22)18-7-2-1-3-8-18/h1-9,14,19,24H,10-13,15-16H2. The zero-order chi connectivity index (χ0) is 17.8. The first kappa shape index (κ1) is 16.9. The average molecular weight is 352 g/mol. The molecule has 0 saturated carbocycles. The number of fused-ring (bicyclic) bond motifs is 1. The molecule has 1 unspecified atom stereocenters. The lowest BCUT2D eigenvalue weighted by Crippen LogP contribution is -2.49. The summed E-state index contributed by atoms with van der Waals surface area (Å²) in [5.74, 6) is 0.458. The van der Waals surface area contributed by atoms with Crippen LogP contribution in [0.1, 0.15) is 0 Å². The Labute approximate surface area is 153 Å². The summed E-state index contributed by atoms with van der Waals surface area (Å²) in [7, 11) is 0. The first-order chi connectivity index (χ1) is 12.8. The Morgan fingerprint density at radius 2 is 1.69 bits per heavy atom. The maximum Gasteiger partial charge on any atom is 0.285 e. The highest BCUT2D eigenvalue weighted by atomic mass is 16.6. The van der Waals surface area contributed by atoms with Crippen LogP contribution in [0.25, 0.3) is 11.0 Å². The second-order valence-electron chi connectivity index (χ2n) is 6.69. The number of rotatable bonds is 6. The number of nitrogens with zero attached hydrogens (tertiary/aromatic N) is 2. The predicted octanol–water partition coefficient (Wildman–Crippen LogP) is 2.99. The zero-order valence-electron chi connectivity index (χ0n) is 14.8. The van der Waals surface area contributed by atoms with Gasteiger partial charge in [0.05, 0.1) is 0 Å². The number of hydrogen-bond donors (Lipinski definition) is 1. The molecule has 0 aliphatic carbocycles. The summed E-state index contributed by atoms with van der Waals surface area (Å²) < 4.78 is 11.2. The molecule has 4 rings (SSSR count). The van der Waals surface area contributed by atoms with E-state index in [1.54, 1.807) is 0 Å². The summed E-state index contributed by atoms with van der Waals surface area (Å²) in [6.07, 6.45) is -0.536. The molecule has 1 atom stereocenters. The Balaban J connectivity index is 1.23. The lowest BCUT2D eigenvalue weighted by atomic mass is 10.2. The fraction of sp³-hybridized carbons (Fsp3) is 0.333. The number of furan rings is 1. The van der Waals surface area contributed by atoms with Gasteiger partial charge >= 0.3 is 0 Å². The number of ether oxygens (including phenoxy) is 1. The van der Waals surface area contributed by atoms with Crippen molar-refractivity contribution in [1.82, 2.24) is 4.90 Å². The minimum Gasteiger partial charge on any atom is -0.462 e. The molecule has 1 fully saturated rings. The molecular formula is C21H24N2O3. The van der Waals surface area contributed by atoms with Crippen molar-refractivity contribution in [3.8, 4) is 5.95 Å². The molecule has 1 aromatic heterocycles. The number of hydrogen-bond acceptors (Lipinski definition) is 5. The van der Waals surface area contributed by atoms with Gasteiger partial charge in [0.25, 0.3) is 5.95 Å². The summed E-state index contributed by atoms with van der Waals surface area (Å²) in [6.45, 7) is 4.68. The number of piperazine rings is 1. The molecule has 0 radical (unpaired) electrons. The highest BCUT2D eigenvalue weighted by Crippen LogP contribution is 2.24. The minimum atomic E-state index is -0.536. The van der Waals surface area contributed by atoms with E-state index in [4.69, 9.17) is 9.15 Å². The molecule has 5 heteroatoms. The smallest absolute Gasteiger partial charge is 0.285 e. The van der Waals surface area contributed by atoms with Gasteiger partial charge < -0.3 is 19.2 Å². The van der Waals surface area contributed by atoms with Crippen LogP contribution in [0.15, 0.2) is 65.1 Å². The van der Waals surface area contributed by atoms with E-state index < -0.39 is 6.10 Å². The lowest BCUT2D eigenvalue weighted by Gasteiger charge is -2.36. The Kier molecular flexibility index (Phi) is 5.09. The van der Waals surface area contributed by atoms with Crippen molar-refractivity contribution < 1.29 is 14.3 Å². The molecule has 1 aliphatic rings. The van der Waals surface area contributed by atoms with Crippen molar-refractivity contribution >= 4 is 16.7 Å². The van der Waals surface area contributed by atoms with Crippen LogP contribution in [0.5, 0.6) is 5.95 Å². The molecule has 26 heavy (non-hydrogen) atoms. The van der Waals surface area contributed by atoms with E-state index in [1.165, 1.54) is 5.69 Å². The summed E-state index contributed by atoms with van der Waals surface area (Å²) >= 11 is 0. The lowest BCUT2D eigenvalue weighted by molar-refractivity contribution is 0.0581. The number of β-amino-alcohol motifs (C(OH)–C–C–N with tert-alkyl or cyclic N) is 1. The maximum absolute atomic E-state index is 10.3.